The molecule has 0 bridgehead atoms. The first-order valence-corrected chi connectivity index (χ1v) is 10.1. The van der Waals surface area contributed by atoms with E-state index in [4.69, 9.17) is 19.9 Å². The van der Waals surface area contributed by atoms with E-state index in [1.165, 1.54) is 4.68 Å². The Morgan fingerprint density at radius 3 is 2.79 bits per heavy atom. The molecule has 0 saturated carbocycles. The van der Waals surface area contributed by atoms with Crippen LogP contribution in [0.3, 0.4) is 0 Å². The van der Waals surface area contributed by atoms with Gasteiger partial charge in [0.2, 0.25) is 18.4 Å². The average molecular weight is 462 g/mol. The van der Waals surface area contributed by atoms with Crippen LogP contribution in [0.1, 0.15) is 28.7 Å². The molecule has 3 N–H and O–H groups in total. The third-order valence-electron chi connectivity index (χ3n) is 4.91. The van der Waals surface area contributed by atoms with Crippen LogP contribution in [0.25, 0.3) is 5.82 Å². The molecule has 1 aliphatic rings. The molecule has 0 fully saturated rings. The van der Waals surface area contributed by atoms with Crippen LogP contribution in [-0.2, 0) is 6.61 Å². The zero-order chi connectivity index (χ0) is 23.5. The van der Waals surface area contributed by atoms with Crippen molar-refractivity contribution in [2.75, 3.05) is 12.5 Å². The van der Waals surface area contributed by atoms with Crippen LogP contribution < -0.4 is 25.4 Å². The monoisotopic (exact) mass is 462 g/mol. The van der Waals surface area contributed by atoms with Crippen molar-refractivity contribution < 1.29 is 23.6 Å². The quantitative estimate of drug-likeness (QED) is 0.305. The molecular weight excluding hydrogens is 444 g/mol. The average Bonchev–Trinajstić information content (AvgIpc) is 3.60. The van der Waals surface area contributed by atoms with E-state index in [1.54, 1.807) is 31.2 Å². The number of ether oxygens (including phenoxy) is 3. The smallest absolute Gasteiger partial charge is 0.293 e. The second-order valence-corrected chi connectivity index (χ2v) is 7.08. The largest absolute Gasteiger partial charge is 0.487 e. The van der Waals surface area contributed by atoms with Crippen molar-refractivity contribution in [3.05, 3.63) is 65.5 Å². The molecular formula is C21H18N8O5. The van der Waals surface area contributed by atoms with E-state index < -0.39 is 5.91 Å². The molecule has 4 aromatic rings. The lowest BCUT2D eigenvalue weighted by atomic mass is 10.1. The van der Waals surface area contributed by atoms with E-state index >= 15 is 0 Å². The number of anilines is 1. The van der Waals surface area contributed by atoms with Gasteiger partial charge in [-0.2, -0.15) is 9.78 Å². The van der Waals surface area contributed by atoms with Gasteiger partial charge in [0, 0.05) is 5.56 Å². The van der Waals surface area contributed by atoms with Gasteiger partial charge in [0.15, 0.2) is 17.2 Å². The van der Waals surface area contributed by atoms with Crippen LogP contribution in [0.5, 0.6) is 17.2 Å². The van der Waals surface area contributed by atoms with E-state index in [1.807, 2.05) is 24.3 Å². The van der Waals surface area contributed by atoms with Gasteiger partial charge in [-0.15, -0.1) is 5.10 Å². The molecule has 34 heavy (non-hydrogen) atoms. The molecule has 2 aromatic heterocycles. The summed E-state index contributed by atoms with van der Waals surface area (Å²) in [6.45, 7) is 1.85. The van der Waals surface area contributed by atoms with E-state index in [0.717, 1.165) is 5.56 Å². The molecule has 172 valence electrons. The maximum absolute atomic E-state index is 12.9. The SMILES string of the molecule is C/C(=N/NC(=O)c1nnn(-c2nonc2N)c1COc1ccccc1)c1ccc2c(c1)OCO2. The summed E-state index contributed by atoms with van der Waals surface area (Å²) in [5.74, 6) is 1.31. The molecule has 5 rings (SSSR count). The third kappa shape index (κ3) is 4.09. The van der Waals surface area contributed by atoms with Crippen LogP contribution in [-0.4, -0.2) is 43.7 Å². The van der Waals surface area contributed by atoms with Crippen molar-refractivity contribution in [3.8, 4) is 23.1 Å². The van der Waals surface area contributed by atoms with Crippen molar-refractivity contribution in [2.45, 2.75) is 13.5 Å². The molecule has 0 unspecified atom stereocenters. The summed E-state index contributed by atoms with van der Waals surface area (Å²) in [7, 11) is 0. The minimum Gasteiger partial charge on any atom is -0.487 e. The van der Waals surface area contributed by atoms with E-state index in [2.05, 4.69) is 35.8 Å². The molecule has 13 heteroatoms. The first kappa shape index (κ1) is 20.9. The van der Waals surface area contributed by atoms with Gasteiger partial charge in [-0.05, 0) is 47.6 Å². The number of fused-ring (bicyclic) bond motifs is 1. The highest BCUT2D eigenvalue weighted by Crippen LogP contribution is 2.32. The Kier molecular flexibility index (Phi) is 5.48. The fourth-order valence-corrected chi connectivity index (χ4v) is 3.16. The molecule has 0 spiro atoms. The van der Waals surface area contributed by atoms with Gasteiger partial charge in [0.05, 0.1) is 5.71 Å². The number of benzene rings is 2. The van der Waals surface area contributed by atoms with Gasteiger partial charge in [-0.3, -0.25) is 4.79 Å². The molecule has 0 radical (unpaired) electrons. The normalized spacial score (nSPS) is 12.6. The van der Waals surface area contributed by atoms with Crippen molar-refractivity contribution >= 4 is 17.4 Å². The number of rotatable bonds is 7. The topological polar surface area (TPSA) is 165 Å². The maximum Gasteiger partial charge on any atom is 0.293 e. The minimum atomic E-state index is -0.604. The number of aromatic nitrogens is 5. The lowest BCUT2D eigenvalue weighted by Gasteiger charge is -2.08. The van der Waals surface area contributed by atoms with Crippen molar-refractivity contribution in [2.24, 2.45) is 5.10 Å². The number of hydrazone groups is 1. The van der Waals surface area contributed by atoms with Gasteiger partial charge in [-0.25, -0.2) is 10.1 Å². The second-order valence-electron chi connectivity index (χ2n) is 7.08. The first-order valence-electron chi connectivity index (χ1n) is 10.1. The molecule has 0 atom stereocenters. The molecule has 0 aliphatic carbocycles. The predicted molar refractivity (Wildman–Crippen MR) is 117 cm³/mol. The van der Waals surface area contributed by atoms with Crippen LogP contribution in [0.15, 0.2) is 58.3 Å². The predicted octanol–water partition coefficient (Wildman–Crippen LogP) is 1.69. The molecule has 13 nitrogen and oxygen atoms in total. The lowest BCUT2D eigenvalue weighted by molar-refractivity contribution is 0.0947. The fraction of sp³-hybridized carbons (Fsp3) is 0.143. The summed E-state index contributed by atoms with van der Waals surface area (Å²) in [6, 6.07) is 14.4. The molecule has 1 aliphatic heterocycles. The summed E-state index contributed by atoms with van der Waals surface area (Å²) in [4.78, 5) is 12.9. The van der Waals surface area contributed by atoms with Crippen LogP contribution >= 0.6 is 0 Å². The molecule has 0 saturated heterocycles. The van der Waals surface area contributed by atoms with E-state index in [-0.39, 0.29) is 36.4 Å². The number of carbonyl (C=O) groups is 1. The Bertz CT molecular complexity index is 1360. The van der Waals surface area contributed by atoms with Gasteiger partial charge in [0.1, 0.15) is 18.1 Å². The maximum atomic E-state index is 12.9. The Morgan fingerprint density at radius 2 is 2.00 bits per heavy atom. The van der Waals surface area contributed by atoms with Gasteiger partial charge < -0.3 is 19.9 Å². The molecule has 1 amide bonds. The third-order valence-corrected chi connectivity index (χ3v) is 4.91. The second kappa shape index (κ2) is 8.90. The zero-order valence-electron chi connectivity index (χ0n) is 17.8. The number of nitrogen functional groups attached to an aromatic ring is 1. The Balaban J connectivity index is 1.39. The summed E-state index contributed by atoms with van der Waals surface area (Å²) in [5, 5.41) is 19.4. The zero-order valence-corrected chi connectivity index (χ0v) is 17.8. The Labute approximate surface area is 192 Å². The van der Waals surface area contributed by atoms with Gasteiger partial charge in [-0.1, -0.05) is 23.4 Å². The highest BCUT2D eigenvalue weighted by Gasteiger charge is 2.24. The fourth-order valence-electron chi connectivity index (χ4n) is 3.16. The van der Waals surface area contributed by atoms with Crippen molar-refractivity contribution in [3.63, 3.8) is 0 Å². The summed E-state index contributed by atoms with van der Waals surface area (Å²) in [5.41, 5.74) is 9.84. The highest BCUT2D eigenvalue weighted by molar-refractivity contribution is 6.01. The van der Waals surface area contributed by atoms with Gasteiger partial charge in [0.25, 0.3) is 5.91 Å². The summed E-state index contributed by atoms with van der Waals surface area (Å²) in [6.07, 6.45) is 0. The van der Waals surface area contributed by atoms with Crippen molar-refractivity contribution in [1.82, 2.24) is 30.7 Å². The minimum absolute atomic E-state index is 0.0190. The van der Waals surface area contributed by atoms with Gasteiger partial charge >= 0.3 is 0 Å². The lowest BCUT2D eigenvalue weighted by Crippen LogP contribution is -2.22. The number of carbonyl (C=O) groups excluding carboxylic acids is 1. The Hall–Kier alpha value is -4.94. The Morgan fingerprint density at radius 1 is 1.18 bits per heavy atom. The number of nitrogens with two attached hydrogens (primary N) is 1. The van der Waals surface area contributed by atoms with Crippen LogP contribution in [0.4, 0.5) is 5.82 Å². The highest BCUT2D eigenvalue weighted by atomic mass is 16.7. The summed E-state index contributed by atoms with van der Waals surface area (Å²) < 4.78 is 22.4. The first-order chi connectivity index (χ1) is 16.6. The van der Waals surface area contributed by atoms with E-state index in [9.17, 15) is 4.79 Å². The van der Waals surface area contributed by atoms with Crippen molar-refractivity contribution in [1.29, 1.82) is 0 Å². The number of para-hydroxylation sites is 1. The number of hydrogen-bond donors (Lipinski definition) is 2. The van der Waals surface area contributed by atoms with E-state index in [0.29, 0.717) is 23.0 Å². The molecule has 3 heterocycles. The summed E-state index contributed by atoms with van der Waals surface area (Å²) >= 11 is 0. The number of nitrogens with one attached hydrogen (secondary N) is 1. The number of amides is 1. The van der Waals surface area contributed by atoms with Crippen LogP contribution in [0, 0.1) is 0 Å². The standard InChI is InChI=1S/C21H18N8O5/c1-12(13-7-8-16-17(9-13)33-11-32-16)23-25-21(30)18-15(10-31-14-5-3-2-4-6-14)29(28-24-18)20-19(22)26-34-27-20/h2-9H,10-11H2,1H3,(H2,22,26)(H,25,30)/b23-12-. The van der Waals surface area contributed by atoms with Crippen LogP contribution in [0.2, 0.25) is 0 Å². The number of hydrogen-bond acceptors (Lipinski definition) is 11. The number of nitrogens with zero attached hydrogens (tertiary/aromatic N) is 6. The molecule has 2 aromatic carbocycles.